The SMILES string of the molecule is CC(C)c1ccc(Cn2ccnc2C2CCN(C(=S)NCc3ccco3)CC2)cc1. The van der Waals surface area contributed by atoms with Crippen molar-refractivity contribution in [2.75, 3.05) is 13.1 Å². The number of rotatable bonds is 6. The molecule has 0 aliphatic carbocycles. The highest BCUT2D eigenvalue weighted by atomic mass is 32.1. The highest BCUT2D eigenvalue weighted by molar-refractivity contribution is 7.80. The van der Waals surface area contributed by atoms with Gasteiger partial charge < -0.3 is 19.2 Å². The number of hydrogen-bond acceptors (Lipinski definition) is 3. The fourth-order valence-electron chi connectivity index (χ4n) is 4.05. The average molecular weight is 423 g/mol. The lowest BCUT2D eigenvalue weighted by Gasteiger charge is -2.33. The summed E-state index contributed by atoms with van der Waals surface area (Å²) < 4.78 is 7.67. The Labute approximate surface area is 184 Å². The van der Waals surface area contributed by atoms with E-state index in [1.54, 1.807) is 6.26 Å². The van der Waals surface area contributed by atoms with E-state index in [4.69, 9.17) is 21.6 Å². The number of likely N-dealkylation sites (tertiary alicyclic amines) is 1. The lowest BCUT2D eigenvalue weighted by Crippen LogP contribution is -2.43. The van der Waals surface area contributed by atoms with Crippen LogP contribution < -0.4 is 5.32 Å². The average Bonchev–Trinajstić information content (AvgIpc) is 3.45. The third-order valence-corrected chi connectivity index (χ3v) is 6.29. The Kier molecular flexibility index (Phi) is 6.53. The first kappa shape index (κ1) is 20.7. The summed E-state index contributed by atoms with van der Waals surface area (Å²) in [6.07, 6.45) is 7.84. The van der Waals surface area contributed by atoms with Crippen molar-refractivity contribution in [1.82, 2.24) is 19.8 Å². The maximum Gasteiger partial charge on any atom is 0.169 e. The fourth-order valence-corrected chi connectivity index (χ4v) is 4.30. The molecule has 158 valence electrons. The molecule has 30 heavy (non-hydrogen) atoms. The number of nitrogens with zero attached hydrogens (tertiary/aromatic N) is 3. The molecule has 1 saturated heterocycles. The van der Waals surface area contributed by atoms with E-state index in [1.165, 1.54) is 17.0 Å². The van der Waals surface area contributed by atoms with Gasteiger partial charge in [0.1, 0.15) is 11.6 Å². The molecular weight excluding hydrogens is 392 g/mol. The smallest absolute Gasteiger partial charge is 0.169 e. The van der Waals surface area contributed by atoms with E-state index in [9.17, 15) is 0 Å². The molecular formula is C24H30N4OS. The molecule has 0 radical (unpaired) electrons. The van der Waals surface area contributed by atoms with Crippen molar-refractivity contribution in [3.05, 3.63) is 77.8 Å². The van der Waals surface area contributed by atoms with E-state index >= 15 is 0 Å². The molecule has 3 heterocycles. The Morgan fingerprint density at radius 2 is 1.97 bits per heavy atom. The zero-order valence-corrected chi connectivity index (χ0v) is 18.6. The first-order chi connectivity index (χ1) is 14.6. The first-order valence-electron chi connectivity index (χ1n) is 10.7. The zero-order chi connectivity index (χ0) is 20.9. The molecule has 2 aromatic heterocycles. The van der Waals surface area contributed by atoms with Crippen LogP contribution in [0.15, 0.2) is 59.5 Å². The summed E-state index contributed by atoms with van der Waals surface area (Å²) in [5, 5.41) is 4.11. The van der Waals surface area contributed by atoms with Crippen LogP contribution in [-0.4, -0.2) is 32.7 Å². The summed E-state index contributed by atoms with van der Waals surface area (Å²) in [6.45, 7) is 7.86. The standard InChI is InChI=1S/C24H30N4OS/c1-18(2)20-7-5-19(6-8-20)17-28-14-11-25-23(28)21-9-12-27(13-10-21)24(30)26-16-22-4-3-15-29-22/h3-8,11,14-15,18,21H,9-10,12-13,16-17H2,1-2H3,(H,26,30). The molecule has 0 spiro atoms. The first-order valence-corrected chi connectivity index (χ1v) is 11.2. The highest BCUT2D eigenvalue weighted by Gasteiger charge is 2.25. The molecule has 0 saturated carbocycles. The van der Waals surface area contributed by atoms with Crippen molar-refractivity contribution in [3.63, 3.8) is 0 Å². The monoisotopic (exact) mass is 422 g/mol. The summed E-state index contributed by atoms with van der Waals surface area (Å²) in [6, 6.07) is 12.8. The van der Waals surface area contributed by atoms with Crippen molar-refractivity contribution in [2.45, 2.75) is 51.6 Å². The quantitative estimate of drug-likeness (QED) is 0.573. The third kappa shape index (κ3) is 4.93. The number of thiocarbonyl (C=S) groups is 1. The minimum Gasteiger partial charge on any atom is -0.467 e. The molecule has 4 rings (SSSR count). The summed E-state index contributed by atoms with van der Waals surface area (Å²) >= 11 is 5.58. The van der Waals surface area contributed by atoms with E-state index in [-0.39, 0.29) is 0 Å². The number of aromatic nitrogens is 2. The molecule has 1 aliphatic heterocycles. The Balaban J connectivity index is 1.32. The maximum absolute atomic E-state index is 5.58. The fraction of sp³-hybridized carbons (Fsp3) is 0.417. The van der Waals surface area contributed by atoms with E-state index in [1.807, 2.05) is 18.3 Å². The molecule has 1 aliphatic rings. The summed E-state index contributed by atoms with van der Waals surface area (Å²) in [5.74, 6) is 3.12. The number of nitrogens with one attached hydrogen (secondary N) is 1. The van der Waals surface area contributed by atoms with Crippen LogP contribution in [0.2, 0.25) is 0 Å². The van der Waals surface area contributed by atoms with Gasteiger partial charge in [-0.2, -0.15) is 0 Å². The number of furan rings is 1. The van der Waals surface area contributed by atoms with Crippen LogP contribution in [0.4, 0.5) is 0 Å². The Bertz CT molecular complexity index is 938. The molecule has 3 aromatic rings. The van der Waals surface area contributed by atoms with Crippen LogP contribution in [-0.2, 0) is 13.1 Å². The van der Waals surface area contributed by atoms with E-state index in [0.717, 1.165) is 43.3 Å². The van der Waals surface area contributed by atoms with Gasteiger partial charge in [0.25, 0.3) is 0 Å². The predicted octanol–water partition coefficient (Wildman–Crippen LogP) is 4.90. The minimum atomic E-state index is 0.471. The van der Waals surface area contributed by atoms with Gasteiger partial charge in [-0.1, -0.05) is 38.1 Å². The zero-order valence-electron chi connectivity index (χ0n) is 17.8. The number of piperidine rings is 1. The second-order valence-corrected chi connectivity index (χ2v) is 8.70. The topological polar surface area (TPSA) is 46.2 Å². The lowest BCUT2D eigenvalue weighted by atomic mass is 9.96. The van der Waals surface area contributed by atoms with Crippen molar-refractivity contribution in [2.24, 2.45) is 0 Å². The van der Waals surface area contributed by atoms with Crippen molar-refractivity contribution in [1.29, 1.82) is 0 Å². The van der Waals surface area contributed by atoms with Crippen LogP contribution in [0.1, 0.15) is 61.2 Å². The van der Waals surface area contributed by atoms with E-state index < -0.39 is 0 Å². The van der Waals surface area contributed by atoms with Crippen molar-refractivity contribution < 1.29 is 4.42 Å². The van der Waals surface area contributed by atoms with Gasteiger partial charge in [-0.05, 0) is 54.2 Å². The van der Waals surface area contributed by atoms with E-state index in [0.29, 0.717) is 18.4 Å². The molecule has 0 unspecified atom stereocenters. The largest absolute Gasteiger partial charge is 0.467 e. The molecule has 1 aromatic carbocycles. The van der Waals surface area contributed by atoms with Crippen LogP contribution in [0.3, 0.4) is 0 Å². The minimum absolute atomic E-state index is 0.471. The lowest BCUT2D eigenvalue weighted by molar-refractivity contribution is 0.299. The van der Waals surface area contributed by atoms with Gasteiger partial charge in [0, 0.05) is 37.9 Å². The van der Waals surface area contributed by atoms with Gasteiger partial charge in [0.2, 0.25) is 0 Å². The summed E-state index contributed by atoms with van der Waals surface area (Å²) in [5.41, 5.74) is 2.70. The molecule has 5 nitrogen and oxygen atoms in total. The van der Waals surface area contributed by atoms with Crippen LogP contribution >= 0.6 is 12.2 Å². The third-order valence-electron chi connectivity index (χ3n) is 5.89. The van der Waals surface area contributed by atoms with Gasteiger partial charge in [0.05, 0.1) is 12.8 Å². The van der Waals surface area contributed by atoms with Crippen LogP contribution in [0.25, 0.3) is 0 Å². The molecule has 0 amide bonds. The van der Waals surface area contributed by atoms with E-state index in [2.05, 4.69) is 59.1 Å². The van der Waals surface area contributed by atoms with Gasteiger partial charge in [-0.25, -0.2) is 4.98 Å². The van der Waals surface area contributed by atoms with Crippen molar-refractivity contribution in [3.8, 4) is 0 Å². The number of benzene rings is 1. The van der Waals surface area contributed by atoms with Gasteiger partial charge >= 0.3 is 0 Å². The summed E-state index contributed by atoms with van der Waals surface area (Å²) in [4.78, 5) is 6.96. The highest BCUT2D eigenvalue weighted by Crippen LogP contribution is 2.27. The Morgan fingerprint density at radius 3 is 2.63 bits per heavy atom. The van der Waals surface area contributed by atoms with Gasteiger partial charge in [0.15, 0.2) is 5.11 Å². The Hall–Kier alpha value is -2.60. The van der Waals surface area contributed by atoms with Crippen LogP contribution in [0, 0.1) is 0 Å². The predicted molar refractivity (Wildman–Crippen MR) is 124 cm³/mol. The molecule has 1 N–H and O–H groups in total. The molecule has 0 bridgehead atoms. The second kappa shape index (κ2) is 9.47. The summed E-state index contributed by atoms with van der Waals surface area (Å²) in [7, 11) is 0. The van der Waals surface area contributed by atoms with Gasteiger partial charge in [-0.15, -0.1) is 0 Å². The second-order valence-electron chi connectivity index (χ2n) is 8.31. The van der Waals surface area contributed by atoms with Crippen molar-refractivity contribution >= 4 is 17.3 Å². The number of hydrogen-bond donors (Lipinski definition) is 1. The number of imidazole rings is 1. The van der Waals surface area contributed by atoms with Crippen LogP contribution in [0.5, 0.6) is 0 Å². The molecule has 1 fully saturated rings. The van der Waals surface area contributed by atoms with Gasteiger partial charge in [-0.3, -0.25) is 0 Å². The molecule has 6 heteroatoms. The maximum atomic E-state index is 5.58. The molecule has 0 atom stereocenters. The normalized spacial score (nSPS) is 15.0. The Morgan fingerprint density at radius 1 is 1.20 bits per heavy atom.